The summed E-state index contributed by atoms with van der Waals surface area (Å²) in [6.07, 6.45) is 2.47. The molecule has 0 saturated carbocycles. The molecule has 3 rings (SSSR count). The van der Waals surface area contributed by atoms with Crippen LogP contribution in [0.1, 0.15) is 37.8 Å². The van der Waals surface area contributed by atoms with Gasteiger partial charge in [0.25, 0.3) is 5.89 Å². The van der Waals surface area contributed by atoms with Crippen LogP contribution >= 0.6 is 0 Å². The summed E-state index contributed by atoms with van der Waals surface area (Å²) in [7, 11) is 0. The maximum atomic E-state index is 12.5. The van der Waals surface area contributed by atoms with Crippen molar-refractivity contribution in [2.45, 2.75) is 32.9 Å². The Kier molecular flexibility index (Phi) is 6.38. The molecule has 0 spiro atoms. The molecule has 0 aliphatic heterocycles. The largest absolute Gasteiger partial charge is 0.459 e. The summed E-state index contributed by atoms with van der Waals surface area (Å²) in [6.45, 7) is 5.48. The lowest BCUT2D eigenvalue weighted by molar-refractivity contribution is -0.123. The zero-order chi connectivity index (χ0) is 19.1. The second kappa shape index (κ2) is 9.14. The Morgan fingerprint density at radius 1 is 1.19 bits per heavy atom. The van der Waals surface area contributed by atoms with Crippen LogP contribution in [0.25, 0.3) is 11.7 Å². The van der Waals surface area contributed by atoms with Crippen LogP contribution in [0.5, 0.6) is 0 Å². The minimum Gasteiger partial charge on any atom is -0.459 e. The van der Waals surface area contributed by atoms with Gasteiger partial charge in [0.2, 0.25) is 11.8 Å². The molecule has 1 N–H and O–H groups in total. The molecule has 0 fully saturated rings. The van der Waals surface area contributed by atoms with Gasteiger partial charge < -0.3 is 14.2 Å². The van der Waals surface area contributed by atoms with E-state index in [4.69, 9.17) is 8.83 Å². The first kappa shape index (κ1) is 18.8. The number of hydrogen-bond donors (Lipinski definition) is 1. The first-order valence-corrected chi connectivity index (χ1v) is 9.08. The summed E-state index contributed by atoms with van der Waals surface area (Å²) in [5.74, 6) is 1.29. The van der Waals surface area contributed by atoms with Crippen molar-refractivity contribution in [3.63, 3.8) is 0 Å². The molecule has 0 aliphatic rings. The minimum atomic E-state index is -0.0452. The number of amides is 1. The number of rotatable bonds is 9. The zero-order valence-electron chi connectivity index (χ0n) is 15.6. The lowest BCUT2D eigenvalue weighted by Gasteiger charge is -2.21. The third-order valence-electron chi connectivity index (χ3n) is 4.14. The third-order valence-corrected chi connectivity index (χ3v) is 4.14. The van der Waals surface area contributed by atoms with Crippen molar-refractivity contribution >= 4 is 5.91 Å². The van der Waals surface area contributed by atoms with Gasteiger partial charge in [-0.25, -0.2) is 0 Å². The normalized spacial score (nSPS) is 12.3. The summed E-state index contributed by atoms with van der Waals surface area (Å²) in [4.78, 5) is 14.5. The maximum Gasteiger partial charge on any atom is 0.283 e. The summed E-state index contributed by atoms with van der Waals surface area (Å²) in [5.41, 5.74) is 1.08. The molecule has 0 unspecified atom stereocenters. The first-order chi connectivity index (χ1) is 13.2. The number of nitrogens with zero attached hydrogens (tertiary/aromatic N) is 3. The number of carbonyl (C=O) groups is 1. The molecular formula is C20H24N4O3. The van der Waals surface area contributed by atoms with E-state index in [1.165, 1.54) is 0 Å². The Morgan fingerprint density at radius 2 is 2.00 bits per heavy atom. The van der Waals surface area contributed by atoms with Crippen molar-refractivity contribution in [3.8, 4) is 11.7 Å². The van der Waals surface area contributed by atoms with E-state index in [2.05, 4.69) is 22.4 Å². The van der Waals surface area contributed by atoms with Crippen LogP contribution in [0.3, 0.4) is 0 Å². The molecule has 3 aromatic rings. The lowest BCUT2D eigenvalue weighted by atomic mass is 10.1. The van der Waals surface area contributed by atoms with Crippen molar-refractivity contribution < 1.29 is 13.6 Å². The fourth-order valence-corrected chi connectivity index (χ4v) is 2.85. The average Bonchev–Trinajstić information content (AvgIpc) is 3.34. The van der Waals surface area contributed by atoms with Crippen LogP contribution in [-0.2, 0) is 11.3 Å². The van der Waals surface area contributed by atoms with Crippen LogP contribution in [0.15, 0.2) is 57.6 Å². The fraction of sp³-hybridized carbons (Fsp3) is 0.350. The van der Waals surface area contributed by atoms with Gasteiger partial charge >= 0.3 is 0 Å². The first-order valence-electron chi connectivity index (χ1n) is 9.08. The quantitative estimate of drug-likeness (QED) is 0.623. The van der Waals surface area contributed by atoms with Gasteiger partial charge in [-0.15, -0.1) is 10.2 Å². The molecule has 1 atom stereocenters. The SMILES string of the molecule is CCCN(CC(=O)N[C@H](C)c1ccccc1)Cc1nnc(-c2ccco2)o1. The van der Waals surface area contributed by atoms with E-state index in [9.17, 15) is 4.79 Å². The Balaban J connectivity index is 1.58. The molecule has 2 heterocycles. The molecule has 0 aliphatic carbocycles. The van der Waals surface area contributed by atoms with Gasteiger partial charge in [0.1, 0.15) is 0 Å². The van der Waals surface area contributed by atoms with E-state index < -0.39 is 0 Å². The summed E-state index contributed by atoms with van der Waals surface area (Å²) in [5, 5.41) is 11.1. The van der Waals surface area contributed by atoms with Crippen molar-refractivity contribution in [3.05, 3.63) is 60.2 Å². The predicted octanol–water partition coefficient (Wildman–Crippen LogP) is 3.42. The number of aromatic nitrogens is 2. The second-order valence-electron chi connectivity index (χ2n) is 6.39. The van der Waals surface area contributed by atoms with Crippen molar-refractivity contribution in [2.24, 2.45) is 0 Å². The molecular weight excluding hydrogens is 344 g/mol. The average molecular weight is 368 g/mol. The van der Waals surface area contributed by atoms with Crippen LogP contribution in [-0.4, -0.2) is 34.1 Å². The van der Waals surface area contributed by atoms with E-state index in [1.54, 1.807) is 18.4 Å². The predicted molar refractivity (Wildman–Crippen MR) is 101 cm³/mol. The van der Waals surface area contributed by atoms with Gasteiger partial charge in [-0.1, -0.05) is 37.3 Å². The smallest absolute Gasteiger partial charge is 0.283 e. The van der Waals surface area contributed by atoms with E-state index in [0.717, 1.165) is 18.5 Å². The minimum absolute atomic E-state index is 0.0365. The summed E-state index contributed by atoms with van der Waals surface area (Å²) < 4.78 is 10.9. The highest BCUT2D eigenvalue weighted by Gasteiger charge is 2.17. The number of hydrogen-bond acceptors (Lipinski definition) is 6. The molecule has 0 saturated heterocycles. The maximum absolute atomic E-state index is 12.5. The highest BCUT2D eigenvalue weighted by atomic mass is 16.4. The molecule has 7 nitrogen and oxygen atoms in total. The lowest BCUT2D eigenvalue weighted by Crippen LogP contribution is -2.38. The van der Waals surface area contributed by atoms with Crippen molar-refractivity contribution in [1.82, 2.24) is 20.4 Å². The van der Waals surface area contributed by atoms with Crippen LogP contribution in [0.4, 0.5) is 0 Å². The van der Waals surface area contributed by atoms with Gasteiger partial charge in [0, 0.05) is 0 Å². The van der Waals surface area contributed by atoms with Gasteiger partial charge in [-0.3, -0.25) is 9.69 Å². The van der Waals surface area contributed by atoms with E-state index in [1.807, 2.05) is 42.2 Å². The highest BCUT2D eigenvalue weighted by molar-refractivity contribution is 5.78. The Bertz CT molecular complexity index is 830. The molecule has 0 radical (unpaired) electrons. The number of carbonyl (C=O) groups excluding carboxylic acids is 1. The molecule has 2 aromatic heterocycles. The van der Waals surface area contributed by atoms with Crippen LogP contribution in [0, 0.1) is 0 Å². The zero-order valence-corrected chi connectivity index (χ0v) is 15.6. The fourth-order valence-electron chi connectivity index (χ4n) is 2.85. The monoisotopic (exact) mass is 368 g/mol. The standard InChI is InChI=1S/C20H24N4O3/c1-3-11-24(13-18(25)21-15(2)16-8-5-4-6-9-16)14-19-22-23-20(27-19)17-10-7-12-26-17/h4-10,12,15H,3,11,13-14H2,1-2H3,(H,21,25)/t15-/m1/s1. The molecule has 1 aromatic carbocycles. The molecule has 27 heavy (non-hydrogen) atoms. The van der Waals surface area contributed by atoms with Crippen LogP contribution < -0.4 is 5.32 Å². The van der Waals surface area contributed by atoms with Crippen molar-refractivity contribution in [2.75, 3.05) is 13.1 Å². The molecule has 7 heteroatoms. The highest BCUT2D eigenvalue weighted by Crippen LogP contribution is 2.18. The molecule has 1 amide bonds. The second-order valence-corrected chi connectivity index (χ2v) is 6.39. The summed E-state index contributed by atoms with van der Waals surface area (Å²) >= 11 is 0. The van der Waals surface area contributed by atoms with E-state index >= 15 is 0 Å². The Labute approximate surface area is 158 Å². The Morgan fingerprint density at radius 3 is 2.70 bits per heavy atom. The topological polar surface area (TPSA) is 84.4 Å². The Hall–Kier alpha value is -2.93. The van der Waals surface area contributed by atoms with E-state index in [-0.39, 0.29) is 18.5 Å². The van der Waals surface area contributed by atoms with Gasteiger partial charge in [0.05, 0.1) is 25.4 Å². The van der Waals surface area contributed by atoms with Crippen molar-refractivity contribution in [1.29, 1.82) is 0 Å². The molecule has 142 valence electrons. The third kappa shape index (κ3) is 5.27. The van der Waals surface area contributed by atoms with Gasteiger partial charge in [0.15, 0.2) is 5.76 Å². The van der Waals surface area contributed by atoms with Crippen LogP contribution in [0.2, 0.25) is 0 Å². The van der Waals surface area contributed by atoms with E-state index in [0.29, 0.717) is 24.1 Å². The number of nitrogens with one attached hydrogen (secondary N) is 1. The molecule has 0 bridgehead atoms. The number of benzene rings is 1. The van der Waals surface area contributed by atoms with Gasteiger partial charge in [-0.2, -0.15) is 0 Å². The van der Waals surface area contributed by atoms with Gasteiger partial charge in [-0.05, 0) is 37.6 Å². The number of furan rings is 1. The summed E-state index contributed by atoms with van der Waals surface area (Å²) in [6, 6.07) is 13.4.